The van der Waals surface area contributed by atoms with Crippen molar-refractivity contribution < 1.29 is 0 Å². The molecule has 102 valence electrons. The highest BCUT2D eigenvalue weighted by Gasteiger charge is 2.28. The fourth-order valence-corrected chi connectivity index (χ4v) is 2.62. The third kappa shape index (κ3) is 5.87. The first-order valence-corrected chi connectivity index (χ1v) is 7.53. The van der Waals surface area contributed by atoms with Crippen molar-refractivity contribution in [2.75, 3.05) is 13.1 Å². The van der Waals surface area contributed by atoms with E-state index in [1.807, 2.05) is 0 Å². The normalized spacial score (nSPS) is 19.9. The van der Waals surface area contributed by atoms with E-state index >= 15 is 0 Å². The highest BCUT2D eigenvalue weighted by molar-refractivity contribution is 4.82. The fourth-order valence-electron chi connectivity index (χ4n) is 2.62. The Morgan fingerprint density at radius 2 is 1.82 bits per heavy atom. The van der Waals surface area contributed by atoms with Gasteiger partial charge in [-0.15, -0.1) is 0 Å². The maximum Gasteiger partial charge on any atom is 0.00844 e. The lowest BCUT2D eigenvalue weighted by Crippen LogP contribution is -2.43. The molecule has 1 fully saturated rings. The fraction of sp³-hybridized carbons (Fsp3) is 1.00. The van der Waals surface area contributed by atoms with Crippen molar-refractivity contribution in [3.8, 4) is 0 Å². The number of nitrogens with one attached hydrogen (secondary N) is 1. The van der Waals surface area contributed by atoms with Gasteiger partial charge in [-0.3, -0.25) is 4.90 Å². The molecule has 1 rings (SSSR count). The van der Waals surface area contributed by atoms with Gasteiger partial charge >= 0.3 is 0 Å². The molecule has 0 aromatic heterocycles. The third-order valence-electron chi connectivity index (χ3n) is 3.83. The summed E-state index contributed by atoms with van der Waals surface area (Å²) in [7, 11) is 0. The average Bonchev–Trinajstić information content (AvgIpc) is 3.06. The molecule has 17 heavy (non-hydrogen) atoms. The lowest BCUT2D eigenvalue weighted by atomic mass is 10.1. The standard InChI is InChI=1S/C15H32N2/c1-6-9-16-13(4)10-14(5)17(12(2)3)11-15-7-8-15/h12-16H,6-11H2,1-5H3. The Labute approximate surface area is 108 Å². The molecule has 2 unspecified atom stereocenters. The summed E-state index contributed by atoms with van der Waals surface area (Å²) in [6.45, 7) is 14.1. The van der Waals surface area contributed by atoms with Crippen molar-refractivity contribution in [3.05, 3.63) is 0 Å². The maximum absolute atomic E-state index is 3.60. The van der Waals surface area contributed by atoms with E-state index in [4.69, 9.17) is 0 Å². The molecule has 0 aliphatic heterocycles. The molecule has 0 radical (unpaired) electrons. The summed E-state index contributed by atoms with van der Waals surface area (Å²) in [5.74, 6) is 0.999. The second-order valence-electron chi connectivity index (χ2n) is 6.17. The Hall–Kier alpha value is -0.0800. The quantitative estimate of drug-likeness (QED) is 0.665. The van der Waals surface area contributed by atoms with Crippen LogP contribution in [0.25, 0.3) is 0 Å². The van der Waals surface area contributed by atoms with Gasteiger partial charge in [-0.25, -0.2) is 0 Å². The summed E-state index contributed by atoms with van der Waals surface area (Å²) in [5, 5.41) is 3.60. The van der Waals surface area contributed by atoms with Crippen molar-refractivity contribution in [1.29, 1.82) is 0 Å². The SMILES string of the molecule is CCCNC(C)CC(C)N(CC1CC1)C(C)C. The first kappa shape index (κ1) is 15.0. The first-order valence-electron chi connectivity index (χ1n) is 7.53. The van der Waals surface area contributed by atoms with Crippen LogP contribution in [0.5, 0.6) is 0 Å². The minimum absolute atomic E-state index is 0.644. The van der Waals surface area contributed by atoms with Gasteiger partial charge < -0.3 is 5.32 Å². The first-order chi connectivity index (χ1) is 8.04. The zero-order valence-electron chi connectivity index (χ0n) is 12.5. The molecular weight excluding hydrogens is 208 g/mol. The monoisotopic (exact) mass is 240 g/mol. The van der Waals surface area contributed by atoms with Crippen LogP contribution >= 0.6 is 0 Å². The van der Waals surface area contributed by atoms with Crippen molar-refractivity contribution >= 4 is 0 Å². The molecule has 1 aliphatic carbocycles. The number of rotatable bonds is 9. The van der Waals surface area contributed by atoms with Gasteiger partial charge in [0.25, 0.3) is 0 Å². The van der Waals surface area contributed by atoms with Crippen LogP contribution in [0, 0.1) is 5.92 Å². The molecule has 0 heterocycles. The van der Waals surface area contributed by atoms with Crippen LogP contribution in [0.1, 0.15) is 60.3 Å². The van der Waals surface area contributed by atoms with Crippen LogP contribution in [0.4, 0.5) is 0 Å². The van der Waals surface area contributed by atoms with Crippen molar-refractivity contribution in [3.63, 3.8) is 0 Å². The van der Waals surface area contributed by atoms with Crippen LogP contribution in [-0.2, 0) is 0 Å². The molecule has 1 N–H and O–H groups in total. The van der Waals surface area contributed by atoms with E-state index in [1.54, 1.807) is 0 Å². The smallest absolute Gasteiger partial charge is 0.00844 e. The Morgan fingerprint density at radius 3 is 2.29 bits per heavy atom. The van der Waals surface area contributed by atoms with E-state index in [0.717, 1.165) is 12.5 Å². The molecule has 1 aliphatic rings. The maximum atomic E-state index is 3.60. The van der Waals surface area contributed by atoms with Crippen LogP contribution in [0.15, 0.2) is 0 Å². The molecule has 2 heteroatoms. The predicted molar refractivity (Wildman–Crippen MR) is 76.4 cm³/mol. The van der Waals surface area contributed by atoms with Crippen molar-refractivity contribution in [2.45, 2.75) is 78.4 Å². The number of hydrogen-bond acceptors (Lipinski definition) is 2. The van der Waals surface area contributed by atoms with Gasteiger partial charge in [0, 0.05) is 24.7 Å². The summed E-state index contributed by atoms with van der Waals surface area (Å²) in [5.41, 5.74) is 0. The average molecular weight is 240 g/mol. The summed E-state index contributed by atoms with van der Waals surface area (Å²) in [6.07, 6.45) is 5.42. The van der Waals surface area contributed by atoms with E-state index < -0.39 is 0 Å². The molecule has 0 saturated heterocycles. The highest BCUT2D eigenvalue weighted by atomic mass is 15.2. The van der Waals surface area contributed by atoms with Crippen LogP contribution in [0.2, 0.25) is 0 Å². The number of hydrogen-bond donors (Lipinski definition) is 1. The molecular formula is C15H32N2. The van der Waals surface area contributed by atoms with Gasteiger partial charge in [-0.05, 0) is 65.8 Å². The van der Waals surface area contributed by atoms with Gasteiger partial charge in [-0.2, -0.15) is 0 Å². The van der Waals surface area contributed by atoms with E-state index in [9.17, 15) is 0 Å². The van der Waals surface area contributed by atoms with Crippen LogP contribution in [-0.4, -0.2) is 36.1 Å². The topological polar surface area (TPSA) is 15.3 Å². The van der Waals surface area contributed by atoms with Gasteiger partial charge in [0.1, 0.15) is 0 Å². The molecule has 2 atom stereocenters. The molecule has 1 saturated carbocycles. The lowest BCUT2D eigenvalue weighted by molar-refractivity contribution is 0.141. The number of nitrogens with zero attached hydrogens (tertiary/aromatic N) is 1. The molecule has 0 aromatic carbocycles. The second-order valence-corrected chi connectivity index (χ2v) is 6.17. The largest absolute Gasteiger partial charge is 0.314 e. The Morgan fingerprint density at radius 1 is 1.18 bits per heavy atom. The minimum Gasteiger partial charge on any atom is -0.314 e. The molecule has 0 spiro atoms. The van der Waals surface area contributed by atoms with E-state index in [2.05, 4.69) is 44.8 Å². The summed E-state index contributed by atoms with van der Waals surface area (Å²) < 4.78 is 0. The molecule has 2 nitrogen and oxygen atoms in total. The van der Waals surface area contributed by atoms with E-state index in [-0.39, 0.29) is 0 Å². The summed E-state index contributed by atoms with van der Waals surface area (Å²) in [4.78, 5) is 2.70. The minimum atomic E-state index is 0.644. The molecule has 0 aromatic rings. The Kier molecular flexibility index (Phi) is 6.50. The highest BCUT2D eigenvalue weighted by Crippen LogP contribution is 2.31. The molecule has 0 amide bonds. The van der Waals surface area contributed by atoms with E-state index in [1.165, 1.54) is 32.2 Å². The summed E-state index contributed by atoms with van der Waals surface area (Å²) in [6, 6.07) is 2.03. The van der Waals surface area contributed by atoms with Crippen LogP contribution < -0.4 is 5.32 Å². The zero-order chi connectivity index (χ0) is 12.8. The van der Waals surface area contributed by atoms with Gasteiger partial charge in [0.2, 0.25) is 0 Å². The second kappa shape index (κ2) is 7.38. The lowest BCUT2D eigenvalue weighted by Gasteiger charge is -2.34. The predicted octanol–water partition coefficient (Wildman–Crippen LogP) is 3.27. The Balaban J connectivity index is 2.32. The van der Waals surface area contributed by atoms with Crippen molar-refractivity contribution in [2.24, 2.45) is 5.92 Å². The third-order valence-corrected chi connectivity index (χ3v) is 3.83. The van der Waals surface area contributed by atoms with Crippen molar-refractivity contribution in [1.82, 2.24) is 10.2 Å². The molecule has 0 bridgehead atoms. The van der Waals surface area contributed by atoms with Crippen LogP contribution in [0.3, 0.4) is 0 Å². The zero-order valence-corrected chi connectivity index (χ0v) is 12.5. The van der Waals surface area contributed by atoms with Gasteiger partial charge in [-0.1, -0.05) is 6.92 Å². The Bertz CT molecular complexity index is 199. The van der Waals surface area contributed by atoms with E-state index in [0.29, 0.717) is 18.1 Å². The summed E-state index contributed by atoms with van der Waals surface area (Å²) >= 11 is 0. The van der Waals surface area contributed by atoms with Gasteiger partial charge in [0.05, 0.1) is 0 Å². The van der Waals surface area contributed by atoms with Gasteiger partial charge in [0.15, 0.2) is 0 Å².